The number of anilines is 1. The van der Waals surface area contributed by atoms with Crippen molar-refractivity contribution in [1.82, 2.24) is 25.1 Å². The minimum atomic E-state index is -0.172. The first kappa shape index (κ1) is 19.0. The van der Waals surface area contributed by atoms with Crippen LogP contribution in [0.5, 0.6) is 0 Å². The zero-order valence-corrected chi connectivity index (χ0v) is 16.9. The fourth-order valence-electron chi connectivity index (χ4n) is 3.78. The molecule has 154 valence electrons. The summed E-state index contributed by atoms with van der Waals surface area (Å²) in [5.41, 5.74) is 2.13. The molecule has 1 N–H and O–H groups in total. The van der Waals surface area contributed by atoms with Gasteiger partial charge in [0.1, 0.15) is 12.1 Å². The number of nitrogens with one attached hydrogen (secondary N) is 1. The summed E-state index contributed by atoms with van der Waals surface area (Å²) in [6.07, 6.45) is 5.08. The highest BCUT2D eigenvalue weighted by Gasteiger charge is 2.35. The topological polar surface area (TPSA) is 75.9 Å². The van der Waals surface area contributed by atoms with E-state index in [1.165, 1.54) is 6.33 Å². The number of amides is 1. The van der Waals surface area contributed by atoms with Gasteiger partial charge in [0.25, 0.3) is 0 Å². The molecule has 0 spiro atoms. The Balaban J connectivity index is 1.27. The Bertz CT molecular complexity index is 1100. The molecule has 0 atom stereocenters. The molecular formula is C24H22N6O. The first-order valence-electron chi connectivity index (χ1n) is 10.3. The Morgan fingerprint density at radius 3 is 2.16 bits per heavy atom. The van der Waals surface area contributed by atoms with E-state index in [4.69, 9.17) is 0 Å². The van der Waals surface area contributed by atoms with Gasteiger partial charge in [-0.1, -0.05) is 60.7 Å². The molecule has 31 heavy (non-hydrogen) atoms. The van der Waals surface area contributed by atoms with Gasteiger partial charge in [-0.15, -0.1) is 0 Å². The van der Waals surface area contributed by atoms with Crippen molar-refractivity contribution < 1.29 is 4.79 Å². The average molecular weight is 410 g/mol. The third kappa shape index (κ3) is 4.02. The molecule has 1 fully saturated rings. The maximum atomic E-state index is 13.0. The molecular weight excluding hydrogens is 388 g/mol. The maximum Gasteiger partial charge on any atom is 0.227 e. The summed E-state index contributed by atoms with van der Waals surface area (Å²) in [7, 11) is 0. The monoisotopic (exact) mass is 410 g/mol. The minimum absolute atomic E-state index is 0.0512. The van der Waals surface area contributed by atoms with E-state index in [1.54, 1.807) is 10.9 Å². The summed E-state index contributed by atoms with van der Waals surface area (Å²) < 4.78 is 1.69. The Labute approximate surface area is 180 Å². The molecule has 2 aromatic heterocycles. The highest BCUT2D eigenvalue weighted by Crippen LogP contribution is 2.26. The van der Waals surface area contributed by atoms with Gasteiger partial charge in [0, 0.05) is 31.5 Å². The second-order valence-electron chi connectivity index (χ2n) is 7.55. The summed E-state index contributed by atoms with van der Waals surface area (Å²) in [6.45, 7) is 1.25. The van der Waals surface area contributed by atoms with Gasteiger partial charge in [-0.3, -0.25) is 4.79 Å². The summed E-state index contributed by atoms with van der Waals surface area (Å²) in [5.74, 6) is 1.47. The quantitative estimate of drug-likeness (QED) is 0.529. The van der Waals surface area contributed by atoms with Crippen LogP contribution in [0.3, 0.4) is 0 Å². The number of carbonyl (C=O) groups is 1. The van der Waals surface area contributed by atoms with Crippen molar-refractivity contribution in [2.75, 3.05) is 18.0 Å². The largest absolute Gasteiger partial charge is 0.355 e. The van der Waals surface area contributed by atoms with Gasteiger partial charge in [0.2, 0.25) is 5.91 Å². The molecule has 1 saturated heterocycles. The number of nitrogens with zero attached hydrogens (tertiary/aromatic N) is 5. The second-order valence-corrected chi connectivity index (χ2v) is 7.55. The van der Waals surface area contributed by atoms with E-state index in [-0.39, 0.29) is 17.9 Å². The molecule has 0 bridgehead atoms. The molecule has 3 heterocycles. The second kappa shape index (κ2) is 8.39. The predicted molar refractivity (Wildman–Crippen MR) is 118 cm³/mol. The molecule has 0 radical (unpaired) electrons. The number of carbonyl (C=O) groups excluding carboxylic acids is 1. The van der Waals surface area contributed by atoms with Gasteiger partial charge in [0.05, 0.1) is 12.0 Å². The van der Waals surface area contributed by atoms with E-state index < -0.39 is 0 Å². The molecule has 7 heteroatoms. The lowest BCUT2D eigenvalue weighted by Crippen LogP contribution is -2.54. The lowest BCUT2D eigenvalue weighted by atomic mass is 9.95. The summed E-state index contributed by atoms with van der Waals surface area (Å²) in [5, 5.41) is 7.45. The van der Waals surface area contributed by atoms with Crippen molar-refractivity contribution in [3.8, 4) is 5.82 Å². The molecule has 0 aliphatic carbocycles. The molecule has 4 aromatic rings. The summed E-state index contributed by atoms with van der Waals surface area (Å²) >= 11 is 0. The summed E-state index contributed by atoms with van der Waals surface area (Å²) in [4.78, 5) is 23.7. The Hall–Kier alpha value is -4.00. The summed E-state index contributed by atoms with van der Waals surface area (Å²) in [6, 6.07) is 23.7. The van der Waals surface area contributed by atoms with Gasteiger partial charge in [-0.25, -0.2) is 14.6 Å². The molecule has 0 unspecified atom stereocenters. The van der Waals surface area contributed by atoms with Crippen LogP contribution in [0, 0.1) is 5.92 Å². The van der Waals surface area contributed by atoms with Crippen molar-refractivity contribution in [2.45, 2.75) is 6.04 Å². The van der Waals surface area contributed by atoms with Crippen LogP contribution in [0.25, 0.3) is 5.82 Å². The molecule has 7 nitrogen and oxygen atoms in total. The fourth-order valence-corrected chi connectivity index (χ4v) is 3.78. The zero-order chi connectivity index (χ0) is 21.0. The molecule has 1 amide bonds. The van der Waals surface area contributed by atoms with Gasteiger partial charge < -0.3 is 10.2 Å². The van der Waals surface area contributed by atoms with E-state index >= 15 is 0 Å². The van der Waals surface area contributed by atoms with Crippen LogP contribution in [0.2, 0.25) is 0 Å². The molecule has 0 saturated carbocycles. The van der Waals surface area contributed by atoms with Crippen LogP contribution >= 0.6 is 0 Å². The number of hydrogen-bond acceptors (Lipinski definition) is 5. The fraction of sp³-hybridized carbons (Fsp3) is 0.167. The van der Waals surface area contributed by atoms with E-state index in [0.29, 0.717) is 18.9 Å². The van der Waals surface area contributed by atoms with Crippen LogP contribution in [-0.4, -0.2) is 38.7 Å². The normalized spacial score (nSPS) is 13.8. The Kier molecular flexibility index (Phi) is 5.14. The van der Waals surface area contributed by atoms with Gasteiger partial charge in [-0.2, -0.15) is 5.10 Å². The lowest BCUT2D eigenvalue weighted by molar-refractivity contribution is -0.126. The highest BCUT2D eigenvalue weighted by molar-refractivity contribution is 5.82. The van der Waals surface area contributed by atoms with Crippen LogP contribution < -0.4 is 10.2 Å². The third-order valence-electron chi connectivity index (χ3n) is 5.51. The van der Waals surface area contributed by atoms with Crippen molar-refractivity contribution >= 4 is 11.7 Å². The van der Waals surface area contributed by atoms with E-state index in [2.05, 4.69) is 25.3 Å². The van der Waals surface area contributed by atoms with Gasteiger partial charge >= 0.3 is 0 Å². The van der Waals surface area contributed by atoms with E-state index in [9.17, 15) is 4.79 Å². The smallest absolute Gasteiger partial charge is 0.227 e. The lowest BCUT2D eigenvalue weighted by Gasteiger charge is -2.39. The first-order valence-corrected chi connectivity index (χ1v) is 10.3. The Morgan fingerprint density at radius 1 is 0.903 bits per heavy atom. The number of hydrogen-bond donors (Lipinski definition) is 1. The highest BCUT2D eigenvalue weighted by atomic mass is 16.2. The standard InChI is InChI=1S/C24H22N6O/c31-24(28-23(18-8-3-1-4-9-18)19-10-5-2-6-11-19)20-15-29(16-20)21-14-22(26-17-25-21)30-13-7-12-27-30/h1-14,17,20,23H,15-16H2,(H,28,31). The molecule has 1 aliphatic rings. The minimum Gasteiger partial charge on any atom is -0.355 e. The first-order chi connectivity index (χ1) is 15.3. The SMILES string of the molecule is O=C(NC(c1ccccc1)c1ccccc1)C1CN(c2cc(-n3cccn3)ncn2)C1. The van der Waals surface area contributed by atoms with Crippen molar-refractivity contribution in [3.63, 3.8) is 0 Å². The Morgan fingerprint density at radius 2 is 1.55 bits per heavy atom. The van der Waals surface area contributed by atoms with Crippen molar-refractivity contribution in [1.29, 1.82) is 0 Å². The molecule has 1 aliphatic heterocycles. The van der Waals surface area contributed by atoms with Crippen LogP contribution in [-0.2, 0) is 4.79 Å². The average Bonchev–Trinajstić information content (AvgIpc) is 3.33. The van der Waals surface area contributed by atoms with Crippen LogP contribution in [0.15, 0.2) is 91.5 Å². The number of rotatable bonds is 6. The predicted octanol–water partition coefficient (Wildman–Crippen LogP) is 3.00. The van der Waals surface area contributed by atoms with Crippen LogP contribution in [0.1, 0.15) is 17.2 Å². The van der Waals surface area contributed by atoms with Crippen molar-refractivity contribution in [2.24, 2.45) is 5.92 Å². The zero-order valence-electron chi connectivity index (χ0n) is 16.9. The number of benzene rings is 2. The van der Waals surface area contributed by atoms with E-state index in [1.807, 2.05) is 79.0 Å². The van der Waals surface area contributed by atoms with E-state index in [0.717, 1.165) is 16.9 Å². The van der Waals surface area contributed by atoms with Gasteiger partial charge in [-0.05, 0) is 17.2 Å². The third-order valence-corrected chi connectivity index (χ3v) is 5.51. The maximum absolute atomic E-state index is 13.0. The van der Waals surface area contributed by atoms with Gasteiger partial charge in [0.15, 0.2) is 5.82 Å². The number of aromatic nitrogens is 4. The van der Waals surface area contributed by atoms with Crippen molar-refractivity contribution in [3.05, 3.63) is 103 Å². The van der Waals surface area contributed by atoms with Crippen LogP contribution in [0.4, 0.5) is 5.82 Å². The molecule has 5 rings (SSSR count). The molecule has 2 aromatic carbocycles.